The van der Waals surface area contributed by atoms with E-state index in [1.165, 1.54) is 32.6 Å². The lowest BCUT2D eigenvalue weighted by atomic mass is 10.2. The molecule has 3 aromatic carbocycles. The first-order valence-corrected chi connectivity index (χ1v) is 12.4. The van der Waals surface area contributed by atoms with Gasteiger partial charge in [0.15, 0.2) is 11.5 Å². The maximum absolute atomic E-state index is 13.3. The fourth-order valence-electron chi connectivity index (χ4n) is 3.14. The highest BCUT2D eigenvalue weighted by Gasteiger charge is 2.26. The molecule has 3 aromatic rings. The minimum Gasteiger partial charge on any atom is -0.493 e. The molecule has 0 bridgehead atoms. The Morgan fingerprint density at radius 2 is 1.71 bits per heavy atom. The second-order valence-electron chi connectivity index (χ2n) is 7.09. The lowest BCUT2D eigenvalue weighted by molar-refractivity contribution is -0.121. The van der Waals surface area contributed by atoms with Crippen molar-refractivity contribution < 1.29 is 22.7 Å². The highest BCUT2D eigenvalue weighted by Crippen LogP contribution is 2.29. The van der Waals surface area contributed by atoms with Crippen molar-refractivity contribution >= 4 is 38.1 Å². The number of halogens is 1. The fourth-order valence-corrected chi connectivity index (χ4v) is 4.81. The first-order valence-electron chi connectivity index (χ1n) is 10.2. The summed E-state index contributed by atoms with van der Waals surface area (Å²) in [5, 5.41) is 3.96. The van der Waals surface area contributed by atoms with Gasteiger partial charge in [0.2, 0.25) is 10.0 Å². The number of nitrogens with zero attached hydrogens (tertiary/aromatic N) is 2. The van der Waals surface area contributed by atoms with Gasteiger partial charge in [-0.15, -0.1) is 0 Å². The number of sulfonamides is 1. The molecule has 34 heavy (non-hydrogen) atoms. The van der Waals surface area contributed by atoms with Crippen LogP contribution in [0.5, 0.6) is 11.5 Å². The van der Waals surface area contributed by atoms with E-state index >= 15 is 0 Å². The molecule has 0 fully saturated rings. The summed E-state index contributed by atoms with van der Waals surface area (Å²) in [5.74, 6) is 0.397. The molecule has 0 aromatic heterocycles. The van der Waals surface area contributed by atoms with E-state index in [0.717, 1.165) is 14.3 Å². The first-order chi connectivity index (χ1) is 16.3. The average molecular weight is 546 g/mol. The molecule has 0 unspecified atom stereocenters. The maximum atomic E-state index is 13.3. The number of carbonyl (C=O) groups excluding carboxylic acids is 1. The molecule has 0 atom stereocenters. The van der Waals surface area contributed by atoms with E-state index in [2.05, 4.69) is 26.5 Å². The average Bonchev–Trinajstić information content (AvgIpc) is 2.85. The van der Waals surface area contributed by atoms with Gasteiger partial charge >= 0.3 is 0 Å². The van der Waals surface area contributed by atoms with Crippen LogP contribution in [-0.4, -0.2) is 45.6 Å². The normalized spacial score (nSPS) is 11.5. The molecule has 3 rings (SSSR count). The molecule has 1 amide bonds. The van der Waals surface area contributed by atoms with Gasteiger partial charge in [0.25, 0.3) is 5.91 Å². The van der Waals surface area contributed by atoms with Gasteiger partial charge in [-0.25, -0.2) is 13.8 Å². The predicted octanol–water partition coefficient (Wildman–Crippen LogP) is 3.81. The van der Waals surface area contributed by atoms with Crippen molar-refractivity contribution in [3.8, 4) is 11.5 Å². The molecule has 0 radical (unpaired) electrons. The van der Waals surface area contributed by atoms with Crippen LogP contribution in [0.2, 0.25) is 0 Å². The molecule has 178 valence electrons. The number of hydrogen-bond acceptors (Lipinski definition) is 6. The number of ether oxygens (including phenoxy) is 2. The molecule has 0 aliphatic rings. The fraction of sp³-hybridized carbons (Fsp3) is 0.167. The summed E-state index contributed by atoms with van der Waals surface area (Å²) in [6.07, 6.45) is 1.41. The van der Waals surface area contributed by atoms with E-state index < -0.39 is 22.5 Å². The predicted molar refractivity (Wildman–Crippen MR) is 133 cm³/mol. The minimum absolute atomic E-state index is 0.0192. The molecule has 10 heteroatoms. The number of hydrogen-bond donors (Lipinski definition) is 1. The Hall–Kier alpha value is -3.21. The number of nitrogens with one attached hydrogen (secondary N) is 1. The van der Waals surface area contributed by atoms with Gasteiger partial charge in [-0.3, -0.25) is 4.79 Å². The monoisotopic (exact) mass is 545 g/mol. The smallest absolute Gasteiger partial charge is 0.255 e. The number of methoxy groups -OCH3 is 2. The van der Waals surface area contributed by atoms with E-state index in [1.54, 1.807) is 48.5 Å². The lowest BCUT2D eigenvalue weighted by Gasteiger charge is -2.21. The van der Waals surface area contributed by atoms with E-state index in [1.807, 2.05) is 12.1 Å². The Kier molecular flexibility index (Phi) is 8.80. The molecular weight excluding hydrogens is 522 g/mol. The Labute approximate surface area is 207 Å². The van der Waals surface area contributed by atoms with Crippen LogP contribution in [0.1, 0.15) is 11.1 Å². The largest absolute Gasteiger partial charge is 0.493 e. The second kappa shape index (κ2) is 11.8. The third-order valence-electron chi connectivity index (χ3n) is 4.80. The molecule has 8 nitrogen and oxygen atoms in total. The lowest BCUT2D eigenvalue weighted by Crippen LogP contribution is -2.39. The number of para-hydroxylation sites is 1. The van der Waals surface area contributed by atoms with Crippen LogP contribution in [0.15, 0.2) is 87.3 Å². The zero-order valence-electron chi connectivity index (χ0n) is 18.6. The highest BCUT2D eigenvalue weighted by atomic mass is 79.9. The molecule has 1 N–H and O–H groups in total. The van der Waals surface area contributed by atoms with Crippen molar-refractivity contribution in [1.29, 1.82) is 0 Å². The summed E-state index contributed by atoms with van der Waals surface area (Å²) < 4.78 is 39.1. The summed E-state index contributed by atoms with van der Waals surface area (Å²) in [7, 11) is -0.905. The van der Waals surface area contributed by atoms with E-state index in [4.69, 9.17) is 9.47 Å². The van der Waals surface area contributed by atoms with E-state index in [0.29, 0.717) is 17.1 Å². The second-order valence-corrected chi connectivity index (χ2v) is 9.94. The van der Waals surface area contributed by atoms with Crippen molar-refractivity contribution in [2.75, 3.05) is 20.8 Å². The van der Waals surface area contributed by atoms with Gasteiger partial charge < -0.3 is 9.47 Å². The van der Waals surface area contributed by atoms with Crippen molar-refractivity contribution in [2.45, 2.75) is 11.4 Å². The van der Waals surface area contributed by atoms with Crippen LogP contribution in [0.4, 0.5) is 0 Å². The summed E-state index contributed by atoms with van der Waals surface area (Å²) in [4.78, 5) is 12.8. The van der Waals surface area contributed by atoms with Gasteiger partial charge in [-0.05, 0) is 42.0 Å². The molecule has 0 aliphatic heterocycles. The van der Waals surface area contributed by atoms with Crippen LogP contribution < -0.4 is 14.9 Å². The molecular formula is C24H24BrN3O5S. The van der Waals surface area contributed by atoms with E-state index in [-0.39, 0.29) is 11.4 Å². The van der Waals surface area contributed by atoms with Gasteiger partial charge in [0, 0.05) is 16.6 Å². The molecule has 0 saturated heterocycles. The molecule has 0 spiro atoms. The van der Waals surface area contributed by atoms with Crippen molar-refractivity contribution in [3.63, 3.8) is 0 Å². The van der Waals surface area contributed by atoms with Gasteiger partial charge in [-0.1, -0.05) is 52.3 Å². The Morgan fingerprint density at radius 1 is 1.00 bits per heavy atom. The summed E-state index contributed by atoms with van der Waals surface area (Å²) in [6.45, 7) is -0.398. The van der Waals surface area contributed by atoms with Crippen LogP contribution >= 0.6 is 15.9 Å². The molecule has 0 aliphatic carbocycles. The van der Waals surface area contributed by atoms with Crippen LogP contribution in [-0.2, 0) is 21.4 Å². The zero-order chi connectivity index (χ0) is 24.6. The van der Waals surface area contributed by atoms with E-state index in [9.17, 15) is 13.2 Å². The van der Waals surface area contributed by atoms with Crippen LogP contribution in [0, 0.1) is 0 Å². The Morgan fingerprint density at radius 3 is 2.35 bits per heavy atom. The Balaban J connectivity index is 1.79. The SMILES string of the molecule is COc1cccc(/C=N\NC(=O)CN(Cc2ccc(Br)cc2)S(=O)(=O)c2ccccc2)c1OC. The quantitative estimate of drug-likeness (QED) is 0.308. The van der Waals surface area contributed by atoms with Crippen molar-refractivity contribution in [2.24, 2.45) is 5.10 Å². The standard InChI is InChI=1S/C24H24BrN3O5S/c1-32-22-10-6-7-19(24(22)33-2)15-26-27-23(29)17-28(16-18-11-13-20(25)14-12-18)34(30,31)21-8-4-3-5-9-21/h3-15H,16-17H2,1-2H3,(H,27,29)/b26-15-. The number of hydrazone groups is 1. The Bertz CT molecular complexity index is 1250. The summed E-state index contributed by atoms with van der Waals surface area (Å²) in [5.41, 5.74) is 3.71. The summed E-state index contributed by atoms with van der Waals surface area (Å²) in [6, 6.07) is 20.5. The van der Waals surface area contributed by atoms with Crippen molar-refractivity contribution in [3.05, 3.63) is 88.4 Å². The van der Waals surface area contributed by atoms with Gasteiger partial charge in [0.05, 0.1) is 31.9 Å². The molecule has 0 saturated carbocycles. The highest BCUT2D eigenvalue weighted by molar-refractivity contribution is 9.10. The van der Waals surface area contributed by atoms with Gasteiger partial charge in [-0.2, -0.15) is 9.41 Å². The van der Waals surface area contributed by atoms with Crippen LogP contribution in [0.3, 0.4) is 0 Å². The van der Waals surface area contributed by atoms with Crippen LogP contribution in [0.25, 0.3) is 0 Å². The maximum Gasteiger partial charge on any atom is 0.255 e. The number of carbonyl (C=O) groups is 1. The number of rotatable bonds is 10. The third-order valence-corrected chi connectivity index (χ3v) is 7.13. The van der Waals surface area contributed by atoms with Crippen molar-refractivity contribution in [1.82, 2.24) is 9.73 Å². The molecule has 0 heterocycles. The zero-order valence-corrected chi connectivity index (χ0v) is 21.0. The topological polar surface area (TPSA) is 97.3 Å². The first kappa shape index (κ1) is 25.4. The minimum atomic E-state index is -3.93. The number of benzene rings is 3. The number of amides is 1. The van der Waals surface area contributed by atoms with Gasteiger partial charge in [0.1, 0.15) is 0 Å². The third kappa shape index (κ3) is 6.43. The summed E-state index contributed by atoms with van der Waals surface area (Å²) >= 11 is 3.37.